The van der Waals surface area contributed by atoms with Gasteiger partial charge in [-0.2, -0.15) is 0 Å². The van der Waals surface area contributed by atoms with Crippen LogP contribution in [0.15, 0.2) is 24.4 Å². The van der Waals surface area contributed by atoms with E-state index in [-0.39, 0.29) is 0 Å². The molecule has 0 saturated heterocycles. The van der Waals surface area contributed by atoms with Gasteiger partial charge < -0.3 is 15.6 Å². The van der Waals surface area contributed by atoms with E-state index >= 15 is 0 Å². The van der Waals surface area contributed by atoms with Crippen LogP contribution in [0.5, 0.6) is 0 Å². The molecule has 1 fully saturated rings. The van der Waals surface area contributed by atoms with E-state index < -0.39 is 0 Å². The fourth-order valence-electron chi connectivity index (χ4n) is 3.59. The Morgan fingerprint density at radius 3 is 2.67 bits per heavy atom. The van der Waals surface area contributed by atoms with Gasteiger partial charge in [-0.15, -0.1) is 0 Å². The third-order valence-electron chi connectivity index (χ3n) is 4.74. The molecular formula is C18H27N3. The minimum atomic E-state index is 0.473. The molecule has 1 heterocycles. The molecule has 0 amide bonds. The number of nitrogens with zero attached hydrogens (tertiary/aromatic N) is 1. The molecule has 0 radical (unpaired) electrons. The summed E-state index contributed by atoms with van der Waals surface area (Å²) in [6.45, 7) is 6.04. The molecule has 0 spiro atoms. The van der Waals surface area contributed by atoms with E-state index in [4.69, 9.17) is 5.73 Å². The van der Waals surface area contributed by atoms with Crippen molar-refractivity contribution in [3.05, 3.63) is 35.5 Å². The predicted octanol–water partition coefficient (Wildman–Crippen LogP) is 3.71. The van der Waals surface area contributed by atoms with Gasteiger partial charge in [0, 0.05) is 42.3 Å². The quantitative estimate of drug-likeness (QED) is 0.879. The lowest BCUT2D eigenvalue weighted by atomic mass is 10.1. The van der Waals surface area contributed by atoms with Gasteiger partial charge >= 0.3 is 0 Å². The minimum Gasteiger partial charge on any atom is -0.345 e. The Morgan fingerprint density at radius 2 is 2.00 bits per heavy atom. The number of nitrogens with two attached hydrogens (primary N) is 1. The van der Waals surface area contributed by atoms with Crippen LogP contribution in [0.4, 0.5) is 0 Å². The molecule has 1 aliphatic carbocycles. The summed E-state index contributed by atoms with van der Waals surface area (Å²) >= 11 is 0. The number of rotatable bonds is 5. The molecule has 3 heteroatoms. The van der Waals surface area contributed by atoms with Crippen LogP contribution in [0.2, 0.25) is 0 Å². The van der Waals surface area contributed by atoms with Crippen molar-refractivity contribution < 1.29 is 0 Å². The average molecular weight is 285 g/mol. The van der Waals surface area contributed by atoms with Crippen LogP contribution in [0.1, 0.15) is 56.7 Å². The van der Waals surface area contributed by atoms with Crippen molar-refractivity contribution in [1.82, 2.24) is 9.88 Å². The second-order valence-corrected chi connectivity index (χ2v) is 6.53. The third kappa shape index (κ3) is 2.85. The zero-order chi connectivity index (χ0) is 14.8. The molecule has 3 rings (SSSR count). The van der Waals surface area contributed by atoms with E-state index in [0.717, 1.165) is 6.54 Å². The first-order valence-corrected chi connectivity index (χ1v) is 8.25. The summed E-state index contributed by atoms with van der Waals surface area (Å²) in [5, 5.41) is 5.10. The molecule has 2 aromatic rings. The molecule has 1 aliphatic rings. The molecule has 1 aromatic carbocycles. The lowest BCUT2D eigenvalue weighted by Crippen LogP contribution is -2.25. The molecule has 3 nitrogen and oxygen atoms in total. The highest BCUT2D eigenvalue weighted by Gasteiger charge is 2.17. The summed E-state index contributed by atoms with van der Waals surface area (Å²) in [4.78, 5) is 0. The maximum Gasteiger partial charge on any atom is 0.0489 e. The lowest BCUT2D eigenvalue weighted by molar-refractivity contribution is 0.523. The van der Waals surface area contributed by atoms with Crippen molar-refractivity contribution in [2.75, 3.05) is 0 Å². The first-order valence-electron chi connectivity index (χ1n) is 8.25. The molecular weight excluding hydrogens is 258 g/mol. The van der Waals surface area contributed by atoms with Gasteiger partial charge in [-0.25, -0.2) is 0 Å². The normalized spacial score (nSPS) is 16.4. The summed E-state index contributed by atoms with van der Waals surface area (Å²) in [6, 6.07) is 7.67. The number of benzene rings is 1. The first kappa shape index (κ1) is 14.6. The summed E-state index contributed by atoms with van der Waals surface area (Å²) in [7, 11) is 0. The summed E-state index contributed by atoms with van der Waals surface area (Å²) < 4.78 is 2.38. The Bertz CT molecular complexity index is 606. The minimum absolute atomic E-state index is 0.473. The molecule has 1 saturated carbocycles. The van der Waals surface area contributed by atoms with Crippen molar-refractivity contribution in [2.24, 2.45) is 5.73 Å². The van der Waals surface area contributed by atoms with Crippen LogP contribution >= 0.6 is 0 Å². The highest BCUT2D eigenvalue weighted by Crippen LogP contribution is 2.28. The largest absolute Gasteiger partial charge is 0.345 e. The number of nitrogens with one attached hydrogen (secondary N) is 1. The Kier molecular flexibility index (Phi) is 4.32. The van der Waals surface area contributed by atoms with Gasteiger partial charge in [0.05, 0.1) is 0 Å². The second-order valence-electron chi connectivity index (χ2n) is 6.53. The van der Waals surface area contributed by atoms with E-state index in [0.29, 0.717) is 18.6 Å². The summed E-state index contributed by atoms with van der Waals surface area (Å²) in [6.07, 6.45) is 7.72. The van der Waals surface area contributed by atoms with Crippen molar-refractivity contribution in [2.45, 2.75) is 64.7 Å². The van der Waals surface area contributed by atoms with E-state index in [1.165, 1.54) is 47.7 Å². The van der Waals surface area contributed by atoms with Crippen LogP contribution in [0.25, 0.3) is 10.9 Å². The van der Waals surface area contributed by atoms with Crippen LogP contribution in [0, 0.1) is 0 Å². The van der Waals surface area contributed by atoms with Gasteiger partial charge in [-0.1, -0.05) is 25.0 Å². The second kappa shape index (κ2) is 6.20. The lowest BCUT2D eigenvalue weighted by Gasteiger charge is -2.11. The third-order valence-corrected chi connectivity index (χ3v) is 4.74. The van der Waals surface area contributed by atoms with Gasteiger partial charge in [0.25, 0.3) is 0 Å². The smallest absolute Gasteiger partial charge is 0.0489 e. The monoisotopic (exact) mass is 285 g/mol. The molecule has 0 bridgehead atoms. The molecule has 0 atom stereocenters. The molecule has 0 aliphatic heterocycles. The Labute approximate surface area is 127 Å². The molecule has 114 valence electrons. The van der Waals surface area contributed by atoms with E-state index in [1.807, 2.05) is 0 Å². The van der Waals surface area contributed by atoms with E-state index in [9.17, 15) is 0 Å². The Morgan fingerprint density at radius 1 is 1.24 bits per heavy atom. The van der Waals surface area contributed by atoms with Gasteiger partial charge in [0.15, 0.2) is 0 Å². The number of fused-ring (bicyclic) bond motifs is 1. The SMILES string of the molecule is CC(C)n1cc(CNC2CCCC2)c2c(CN)cccc21. The maximum absolute atomic E-state index is 5.96. The van der Waals surface area contributed by atoms with Crippen molar-refractivity contribution in [3.63, 3.8) is 0 Å². The Hall–Kier alpha value is -1.32. The number of aromatic nitrogens is 1. The van der Waals surface area contributed by atoms with Crippen molar-refractivity contribution in [3.8, 4) is 0 Å². The average Bonchev–Trinajstić information content (AvgIpc) is 3.12. The van der Waals surface area contributed by atoms with Gasteiger partial charge in [-0.3, -0.25) is 0 Å². The van der Waals surface area contributed by atoms with Gasteiger partial charge in [-0.05, 0) is 43.9 Å². The summed E-state index contributed by atoms with van der Waals surface area (Å²) in [5.41, 5.74) is 9.93. The topological polar surface area (TPSA) is 43.0 Å². The fraction of sp³-hybridized carbons (Fsp3) is 0.556. The van der Waals surface area contributed by atoms with Crippen LogP contribution in [0.3, 0.4) is 0 Å². The van der Waals surface area contributed by atoms with Crippen molar-refractivity contribution in [1.29, 1.82) is 0 Å². The van der Waals surface area contributed by atoms with Crippen LogP contribution < -0.4 is 11.1 Å². The highest BCUT2D eigenvalue weighted by atomic mass is 15.0. The van der Waals surface area contributed by atoms with Crippen LogP contribution in [-0.4, -0.2) is 10.6 Å². The van der Waals surface area contributed by atoms with E-state index in [1.54, 1.807) is 0 Å². The molecule has 3 N–H and O–H groups in total. The Balaban J connectivity index is 1.95. The maximum atomic E-state index is 5.96. The van der Waals surface area contributed by atoms with E-state index in [2.05, 4.69) is 48.1 Å². The van der Waals surface area contributed by atoms with Crippen molar-refractivity contribution >= 4 is 10.9 Å². The molecule has 1 aromatic heterocycles. The predicted molar refractivity (Wildman–Crippen MR) is 89.3 cm³/mol. The van der Waals surface area contributed by atoms with Crippen LogP contribution in [-0.2, 0) is 13.1 Å². The number of hydrogen-bond acceptors (Lipinski definition) is 2. The molecule has 0 unspecified atom stereocenters. The highest BCUT2D eigenvalue weighted by molar-refractivity contribution is 5.87. The zero-order valence-corrected chi connectivity index (χ0v) is 13.2. The first-order chi connectivity index (χ1) is 10.2. The zero-order valence-electron chi connectivity index (χ0n) is 13.2. The standard InChI is InChI=1S/C18H27N3/c1-13(2)21-12-15(11-20-16-7-3-4-8-16)18-14(10-19)6-5-9-17(18)21/h5-6,9,12-13,16,20H,3-4,7-8,10-11,19H2,1-2H3. The fourth-order valence-corrected chi connectivity index (χ4v) is 3.59. The van der Waals surface area contributed by atoms with Gasteiger partial charge in [0.2, 0.25) is 0 Å². The van der Waals surface area contributed by atoms with Gasteiger partial charge in [0.1, 0.15) is 0 Å². The number of hydrogen-bond donors (Lipinski definition) is 2. The molecule has 21 heavy (non-hydrogen) atoms. The summed E-state index contributed by atoms with van der Waals surface area (Å²) in [5.74, 6) is 0.